The van der Waals surface area contributed by atoms with Crippen molar-refractivity contribution in [2.45, 2.75) is 49.6 Å². The molecular weight excluding hydrogens is 534 g/mol. The van der Waals surface area contributed by atoms with Crippen molar-refractivity contribution in [3.05, 3.63) is 76.8 Å². The number of sulfone groups is 1. The molecule has 2 aromatic carbocycles. The van der Waals surface area contributed by atoms with Crippen LogP contribution < -0.4 is 5.32 Å². The second-order valence-corrected chi connectivity index (χ2v) is 12.5. The molecular formula is C28H35N5O4S2. The van der Waals surface area contributed by atoms with Crippen molar-refractivity contribution in [3.63, 3.8) is 0 Å². The van der Waals surface area contributed by atoms with Gasteiger partial charge in [0.1, 0.15) is 0 Å². The number of hydrogen-bond acceptors (Lipinski definition) is 8. The largest absolute Gasteiger partial charge is 0.344 e. The molecule has 0 bridgehead atoms. The van der Waals surface area contributed by atoms with Crippen molar-refractivity contribution in [1.82, 2.24) is 24.7 Å². The zero-order valence-electron chi connectivity index (χ0n) is 22.3. The van der Waals surface area contributed by atoms with Crippen molar-refractivity contribution in [3.8, 4) is 0 Å². The van der Waals surface area contributed by atoms with Gasteiger partial charge in [-0.1, -0.05) is 47.0 Å². The zero-order valence-corrected chi connectivity index (χ0v) is 24.0. The first-order valence-electron chi connectivity index (χ1n) is 13.2. The van der Waals surface area contributed by atoms with E-state index in [9.17, 15) is 18.0 Å². The van der Waals surface area contributed by atoms with Gasteiger partial charge >= 0.3 is 0 Å². The normalized spacial score (nSPS) is 15.5. The highest BCUT2D eigenvalue weighted by molar-refractivity contribution is 7.90. The van der Waals surface area contributed by atoms with E-state index in [1.807, 2.05) is 42.2 Å². The molecule has 208 valence electrons. The Morgan fingerprint density at radius 2 is 1.79 bits per heavy atom. The van der Waals surface area contributed by atoms with Crippen molar-refractivity contribution in [2.75, 3.05) is 32.4 Å². The van der Waals surface area contributed by atoms with E-state index in [2.05, 4.69) is 19.8 Å². The molecule has 2 heterocycles. The summed E-state index contributed by atoms with van der Waals surface area (Å²) in [5, 5.41) is 8.65. The molecule has 4 rings (SSSR count). The number of likely N-dealkylation sites (tertiary alicyclic amines) is 1. The third kappa shape index (κ3) is 7.93. The van der Waals surface area contributed by atoms with Crippen LogP contribution in [0.5, 0.6) is 0 Å². The maximum atomic E-state index is 13.1. The number of amides is 2. The summed E-state index contributed by atoms with van der Waals surface area (Å²) in [6.07, 6.45) is 3.97. The van der Waals surface area contributed by atoms with Crippen LogP contribution in [0.25, 0.3) is 0 Å². The van der Waals surface area contributed by atoms with Crippen LogP contribution in [0.4, 0.5) is 0 Å². The first kappa shape index (κ1) is 28.8. The Labute approximate surface area is 234 Å². The molecule has 1 aromatic heterocycles. The summed E-state index contributed by atoms with van der Waals surface area (Å²) in [5.74, 6) is -0.161. The summed E-state index contributed by atoms with van der Waals surface area (Å²) in [5.41, 5.74) is 2.19. The van der Waals surface area contributed by atoms with E-state index < -0.39 is 9.84 Å². The van der Waals surface area contributed by atoms with E-state index in [-0.39, 0.29) is 35.2 Å². The van der Waals surface area contributed by atoms with Gasteiger partial charge in [0.15, 0.2) is 15.5 Å². The Hall–Kier alpha value is -3.15. The van der Waals surface area contributed by atoms with Crippen LogP contribution in [0, 0.1) is 0 Å². The molecule has 1 atom stereocenters. The lowest BCUT2D eigenvalue weighted by Gasteiger charge is -2.38. The molecule has 0 unspecified atom stereocenters. The predicted molar refractivity (Wildman–Crippen MR) is 151 cm³/mol. The number of benzene rings is 2. The lowest BCUT2D eigenvalue weighted by molar-refractivity contribution is -0.133. The summed E-state index contributed by atoms with van der Waals surface area (Å²) in [7, 11) is -3.26. The molecule has 1 saturated heterocycles. The lowest BCUT2D eigenvalue weighted by Crippen LogP contribution is -2.48. The van der Waals surface area contributed by atoms with Gasteiger partial charge in [-0.15, -0.1) is 5.10 Å². The number of aromatic nitrogens is 2. The number of carbonyl (C=O) groups excluding carboxylic acids is 2. The first-order chi connectivity index (χ1) is 18.7. The van der Waals surface area contributed by atoms with Crippen LogP contribution in [0.15, 0.2) is 64.9 Å². The molecule has 1 fully saturated rings. The van der Waals surface area contributed by atoms with Gasteiger partial charge in [-0.05, 0) is 61.0 Å². The summed E-state index contributed by atoms with van der Waals surface area (Å²) < 4.78 is 27.2. The van der Waals surface area contributed by atoms with Gasteiger partial charge in [0.05, 0.1) is 17.4 Å². The van der Waals surface area contributed by atoms with Crippen LogP contribution in [-0.4, -0.2) is 78.1 Å². The van der Waals surface area contributed by atoms with Gasteiger partial charge in [0.2, 0.25) is 5.91 Å². The number of hydrogen-bond donors (Lipinski definition) is 1. The fourth-order valence-electron chi connectivity index (χ4n) is 5.04. The molecule has 9 nitrogen and oxygen atoms in total. The SMILES string of the molecule is CCN(C(=O)Cc1ccc(S(C)(=O)=O)cc1)C1CCN(CC[C@H](NC(=O)c2csnn2)c2ccccc2)CC1. The number of carbonyl (C=O) groups is 2. The summed E-state index contributed by atoms with van der Waals surface area (Å²) >= 11 is 1.15. The molecule has 11 heteroatoms. The molecule has 3 aromatic rings. The van der Waals surface area contributed by atoms with E-state index in [0.717, 1.165) is 61.6 Å². The Morgan fingerprint density at radius 1 is 1.10 bits per heavy atom. The molecule has 2 amide bonds. The fraction of sp³-hybridized carbons (Fsp3) is 0.429. The second-order valence-electron chi connectivity index (χ2n) is 9.86. The minimum absolute atomic E-state index is 0.0615. The number of nitrogens with one attached hydrogen (secondary N) is 1. The van der Waals surface area contributed by atoms with E-state index in [0.29, 0.717) is 12.2 Å². The van der Waals surface area contributed by atoms with E-state index in [1.165, 1.54) is 6.26 Å². The summed E-state index contributed by atoms with van der Waals surface area (Å²) in [6.45, 7) is 5.22. The molecule has 1 aliphatic heterocycles. The monoisotopic (exact) mass is 569 g/mol. The topological polar surface area (TPSA) is 113 Å². The van der Waals surface area contributed by atoms with Gasteiger partial charge in [-0.2, -0.15) is 0 Å². The average molecular weight is 570 g/mol. The third-order valence-corrected chi connectivity index (χ3v) is 8.83. The Kier molecular flexibility index (Phi) is 9.82. The van der Waals surface area contributed by atoms with Crippen molar-refractivity contribution < 1.29 is 18.0 Å². The maximum Gasteiger partial charge on any atom is 0.273 e. The summed E-state index contributed by atoms with van der Waals surface area (Å²) in [6, 6.07) is 16.6. The Morgan fingerprint density at radius 3 is 2.38 bits per heavy atom. The van der Waals surface area contributed by atoms with Crippen LogP contribution in [-0.2, 0) is 21.1 Å². The first-order valence-corrected chi connectivity index (χ1v) is 15.9. The number of rotatable bonds is 11. The third-order valence-electron chi connectivity index (χ3n) is 7.20. The zero-order chi connectivity index (χ0) is 27.8. The Balaban J connectivity index is 1.30. The minimum Gasteiger partial charge on any atom is -0.344 e. The molecule has 0 aliphatic carbocycles. The van der Waals surface area contributed by atoms with Gasteiger partial charge in [-0.25, -0.2) is 8.42 Å². The molecule has 0 spiro atoms. The molecule has 1 aliphatic rings. The highest BCUT2D eigenvalue weighted by Crippen LogP contribution is 2.22. The maximum absolute atomic E-state index is 13.1. The van der Waals surface area contributed by atoms with E-state index in [4.69, 9.17) is 0 Å². The van der Waals surface area contributed by atoms with Crippen molar-refractivity contribution in [2.24, 2.45) is 0 Å². The molecule has 39 heavy (non-hydrogen) atoms. The highest BCUT2D eigenvalue weighted by Gasteiger charge is 2.28. The number of likely N-dealkylation sites (N-methyl/N-ethyl adjacent to an activating group) is 1. The van der Waals surface area contributed by atoms with Crippen LogP contribution in [0.2, 0.25) is 0 Å². The molecule has 0 radical (unpaired) electrons. The van der Waals surface area contributed by atoms with Gasteiger partial charge in [0.25, 0.3) is 5.91 Å². The van der Waals surface area contributed by atoms with Crippen LogP contribution in [0.3, 0.4) is 0 Å². The summed E-state index contributed by atoms with van der Waals surface area (Å²) in [4.78, 5) is 30.4. The smallest absolute Gasteiger partial charge is 0.273 e. The quantitative estimate of drug-likeness (QED) is 0.377. The van der Waals surface area contributed by atoms with Gasteiger partial charge < -0.3 is 15.1 Å². The molecule has 0 saturated carbocycles. The minimum atomic E-state index is -3.26. The van der Waals surface area contributed by atoms with Gasteiger partial charge in [0, 0.05) is 43.9 Å². The fourth-order valence-corrected chi connectivity index (χ4v) is 6.11. The van der Waals surface area contributed by atoms with E-state index in [1.54, 1.807) is 29.6 Å². The number of nitrogens with zero attached hydrogens (tertiary/aromatic N) is 4. The van der Waals surface area contributed by atoms with Crippen molar-refractivity contribution in [1.29, 1.82) is 0 Å². The predicted octanol–water partition coefficient (Wildman–Crippen LogP) is 3.36. The van der Waals surface area contributed by atoms with Crippen LogP contribution >= 0.6 is 11.5 Å². The average Bonchev–Trinajstić information content (AvgIpc) is 3.48. The lowest BCUT2D eigenvalue weighted by atomic mass is 9.99. The van der Waals surface area contributed by atoms with Gasteiger partial charge in [-0.3, -0.25) is 9.59 Å². The Bertz CT molecular complexity index is 1320. The number of piperidine rings is 1. The standard InChI is InChI=1S/C28H35N5O4S2/c1-3-33(27(34)19-21-9-11-24(12-10-21)39(2,36)37)23-13-16-32(17-14-23)18-15-25(22-7-5-4-6-8-22)29-28(35)26-20-38-31-30-26/h4-12,20,23,25H,3,13-19H2,1-2H3,(H,29,35)/t25-/m0/s1. The second kappa shape index (κ2) is 13.3. The highest BCUT2D eigenvalue weighted by atomic mass is 32.2. The van der Waals surface area contributed by atoms with Crippen LogP contribution in [0.1, 0.15) is 53.8 Å². The van der Waals surface area contributed by atoms with Crippen molar-refractivity contribution >= 4 is 33.2 Å². The molecule has 1 N–H and O–H groups in total. The van der Waals surface area contributed by atoms with E-state index >= 15 is 0 Å².